The van der Waals surface area contributed by atoms with E-state index in [0.29, 0.717) is 25.8 Å². The van der Waals surface area contributed by atoms with Gasteiger partial charge >= 0.3 is 11.9 Å². The first kappa shape index (κ1) is 17.3. The summed E-state index contributed by atoms with van der Waals surface area (Å²) in [5.41, 5.74) is 10.6. The molecule has 0 aliphatic carbocycles. The number of nitrogens with one attached hydrogen (secondary N) is 1. The van der Waals surface area contributed by atoms with Gasteiger partial charge in [-0.05, 0) is 25.7 Å². The summed E-state index contributed by atoms with van der Waals surface area (Å²) in [7, 11) is 0. The fraction of sp³-hybridized carbons (Fsp3) is 0.727. The number of hydrogen-bond acceptors (Lipinski definition) is 5. The summed E-state index contributed by atoms with van der Waals surface area (Å²) in [6.45, 7) is 0.410. The summed E-state index contributed by atoms with van der Waals surface area (Å²) in [6.07, 6.45) is 1.72. The number of amides is 1. The molecule has 0 heterocycles. The average molecular weight is 275 g/mol. The molecule has 2 atom stereocenters. The molecule has 8 heteroatoms. The molecule has 0 saturated carbocycles. The van der Waals surface area contributed by atoms with Crippen LogP contribution >= 0.6 is 0 Å². The number of carboxylic acids is 2. The Labute approximate surface area is 111 Å². The van der Waals surface area contributed by atoms with Gasteiger partial charge in [-0.25, -0.2) is 0 Å². The Morgan fingerprint density at radius 2 is 1.47 bits per heavy atom. The smallest absolute Gasteiger partial charge is 0.320 e. The molecular formula is C11H21N3O5. The lowest BCUT2D eigenvalue weighted by atomic mass is 10.1. The second-order valence-corrected chi connectivity index (χ2v) is 4.27. The number of unbranched alkanes of at least 4 members (excludes halogenated alkanes) is 1. The van der Waals surface area contributed by atoms with E-state index in [-0.39, 0.29) is 18.7 Å². The van der Waals surface area contributed by atoms with Gasteiger partial charge in [0, 0.05) is 13.0 Å². The highest BCUT2D eigenvalue weighted by Crippen LogP contribution is 1.99. The largest absolute Gasteiger partial charge is 0.480 e. The number of carbonyl (C=O) groups is 3. The van der Waals surface area contributed by atoms with Gasteiger partial charge in [0.2, 0.25) is 5.91 Å². The minimum atomic E-state index is -1.13. The van der Waals surface area contributed by atoms with Crippen molar-refractivity contribution in [2.24, 2.45) is 11.5 Å². The SMILES string of the molecule is N[C@H](CCCCNC(=O)CC[C@H](N)C(=O)O)C(=O)O. The molecule has 0 aliphatic rings. The van der Waals surface area contributed by atoms with E-state index in [2.05, 4.69) is 5.32 Å². The fourth-order valence-electron chi connectivity index (χ4n) is 1.34. The number of nitrogens with two attached hydrogens (primary N) is 2. The van der Waals surface area contributed by atoms with E-state index in [1.807, 2.05) is 0 Å². The minimum absolute atomic E-state index is 0.0576. The van der Waals surface area contributed by atoms with E-state index in [1.165, 1.54) is 0 Å². The molecule has 8 nitrogen and oxygen atoms in total. The standard InChI is InChI=1S/C11H21N3O5/c12-7(10(16)17)3-1-2-6-14-9(15)5-4-8(13)11(18)19/h7-8H,1-6,12-13H2,(H,14,15)(H,16,17)(H,18,19)/t7-,8+/m1/s1. The van der Waals surface area contributed by atoms with Gasteiger partial charge in [0.15, 0.2) is 0 Å². The summed E-state index contributed by atoms with van der Waals surface area (Å²) in [4.78, 5) is 32.1. The third-order valence-corrected chi connectivity index (χ3v) is 2.58. The Bertz CT molecular complexity index is 321. The molecule has 0 fully saturated rings. The van der Waals surface area contributed by atoms with Crippen molar-refractivity contribution in [2.75, 3.05) is 6.54 Å². The second kappa shape index (κ2) is 9.29. The number of rotatable bonds is 10. The zero-order valence-corrected chi connectivity index (χ0v) is 10.7. The molecule has 0 bridgehead atoms. The number of hydrogen-bond donors (Lipinski definition) is 5. The normalized spacial score (nSPS) is 13.6. The highest BCUT2D eigenvalue weighted by atomic mass is 16.4. The van der Waals surface area contributed by atoms with Crippen molar-refractivity contribution in [3.8, 4) is 0 Å². The van der Waals surface area contributed by atoms with Crippen molar-refractivity contribution in [1.29, 1.82) is 0 Å². The van der Waals surface area contributed by atoms with Gasteiger partial charge in [-0.3, -0.25) is 14.4 Å². The quantitative estimate of drug-likeness (QED) is 0.316. The van der Waals surface area contributed by atoms with Crippen LogP contribution in [0.15, 0.2) is 0 Å². The molecular weight excluding hydrogens is 254 g/mol. The van der Waals surface area contributed by atoms with Gasteiger partial charge in [-0.15, -0.1) is 0 Å². The van der Waals surface area contributed by atoms with E-state index in [9.17, 15) is 14.4 Å². The number of carboxylic acid groups (broad SMARTS) is 2. The van der Waals surface area contributed by atoms with Gasteiger partial charge in [0.1, 0.15) is 12.1 Å². The Hall–Kier alpha value is -1.67. The van der Waals surface area contributed by atoms with E-state index in [4.69, 9.17) is 21.7 Å². The van der Waals surface area contributed by atoms with Gasteiger partial charge in [-0.2, -0.15) is 0 Å². The predicted octanol–water partition coefficient (Wildman–Crippen LogP) is -1.12. The molecule has 0 radical (unpaired) electrons. The maximum Gasteiger partial charge on any atom is 0.320 e. The van der Waals surface area contributed by atoms with E-state index < -0.39 is 24.0 Å². The Balaban J connectivity index is 3.54. The Kier molecular flexibility index (Phi) is 8.47. The zero-order chi connectivity index (χ0) is 14.8. The molecule has 0 spiro atoms. The summed E-state index contributed by atoms with van der Waals surface area (Å²) in [6, 6.07) is -1.90. The van der Waals surface area contributed by atoms with Crippen LogP contribution in [0.25, 0.3) is 0 Å². The first-order chi connectivity index (χ1) is 8.84. The second-order valence-electron chi connectivity index (χ2n) is 4.27. The third-order valence-electron chi connectivity index (χ3n) is 2.58. The van der Waals surface area contributed by atoms with Gasteiger partial charge in [-0.1, -0.05) is 0 Å². The van der Waals surface area contributed by atoms with Crippen molar-refractivity contribution in [2.45, 2.75) is 44.2 Å². The molecule has 0 aromatic heterocycles. The third kappa shape index (κ3) is 8.97. The van der Waals surface area contributed by atoms with Crippen molar-refractivity contribution >= 4 is 17.8 Å². The van der Waals surface area contributed by atoms with E-state index in [1.54, 1.807) is 0 Å². The summed E-state index contributed by atoms with van der Waals surface area (Å²) in [5, 5.41) is 19.7. The van der Waals surface area contributed by atoms with Crippen molar-refractivity contribution in [1.82, 2.24) is 5.32 Å². The van der Waals surface area contributed by atoms with Crippen molar-refractivity contribution in [3.63, 3.8) is 0 Å². The molecule has 7 N–H and O–H groups in total. The highest BCUT2D eigenvalue weighted by Gasteiger charge is 2.13. The summed E-state index contributed by atoms with van der Waals surface area (Å²) < 4.78 is 0. The molecule has 0 saturated heterocycles. The van der Waals surface area contributed by atoms with Crippen LogP contribution < -0.4 is 16.8 Å². The van der Waals surface area contributed by atoms with Crippen LogP contribution in [0, 0.1) is 0 Å². The van der Waals surface area contributed by atoms with Gasteiger partial charge < -0.3 is 27.0 Å². The lowest BCUT2D eigenvalue weighted by Crippen LogP contribution is -2.33. The van der Waals surface area contributed by atoms with Gasteiger partial charge in [0.05, 0.1) is 0 Å². The lowest BCUT2D eigenvalue weighted by Gasteiger charge is -2.08. The van der Waals surface area contributed by atoms with Crippen LogP contribution in [0.5, 0.6) is 0 Å². The van der Waals surface area contributed by atoms with E-state index >= 15 is 0 Å². The minimum Gasteiger partial charge on any atom is -0.480 e. The average Bonchev–Trinajstić information content (AvgIpc) is 2.34. The van der Waals surface area contributed by atoms with Crippen LogP contribution in [0.4, 0.5) is 0 Å². The molecule has 110 valence electrons. The fourth-order valence-corrected chi connectivity index (χ4v) is 1.34. The first-order valence-electron chi connectivity index (χ1n) is 6.08. The van der Waals surface area contributed by atoms with Crippen molar-refractivity contribution < 1.29 is 24.6 Å². The molecule has 0 aromatic rings. The molecule has 0 aromatic carbocycles. The van der Waals surface area contributed by atoms with Crippen LogP contribution in [-0.4, -0.2) is 46.7 Å². The predicted molar refractivity (Wildman–Crippen MR) is 67.3 cm³/mol. The molecule has 1 amide bonds. The lowest BCUT2D eigenvalue weighted by molar-refractivity contribution is -0.139. The van der Waals surface area contributed by atoms with Crippen LogP contribution in [-0.2, 0) is 14.4 Å². The maximum atomic E-state index is 11.3. The number of carbonyl (C=O) groups excluding carboxylic acids is 1. The van der Waals surface area contributed by atoms with Crippen LogP contribution in [0.3, 0.4) is 0 Å². The molecule has 0 aliphatic heterocycles. The topological polar surface area (TPSA) is 156 Å². The molecule has 0 unspecified atom stereocenters. The van der Waals surface area contributed by atoms with Crippen LogP contribution in [0.1, 0.15) is 32.1 Å². The van der Waals surface area contributed by atoms with Crippen molar-refractivity contribution in [3.05, 3.63) is 0 Å². The van der Waals surface area contributed by atoms with E-state index in [0.717, 1.165) is 0 Å². The highest BCUT2D eigenvalue weighted by molar-refractivity contribution is 5.78. The van der Waals surface area contributed by atoms with Crippen LogP contribution in [0.2, 0.25) is 0 Å². The summed E-state index contributed by atoms with van der Waals surface area (Å²) >= 11 is 0. The van der Waals surface area contributed by atoms with Gasteiger partial charge in [0.25, 0.3) is 0 Å². The maximum absolute atomic E-state index is 11.3. The molecule has 0 rings (SSSR count). The number of aliphatic carboxylic acids is 2. The Morgan fingerprint density at radius 3 is 2.00 bits per heavy atom. The Morgan fingerprint density at radius 1 is 0.947 bits per heavy atom. The summed E-state index contributed by atoms with van der Waals surface area (Å²) in [5.74, 6) is -2.43. The molecule has 19 heavy (non-hydrogen) atoms. The zero-order valence-electron chi connectivity index (χ0n) is 10.7. The monoisotopic (exact) mass is 275 g/mol. The first-order valence-corrected chi connectivity index (χ1v) is 6.08.